The molecule has 0 aromatic rings. The van der Waals surface area contributed by atoms with Crippen LogP contribution in [0.2, 0.25) is 0 Å². The lowest BCUT2D eigenvalue weighted by molar-refractivity contribution is -0.121. The van der Waals surface area contributed by atoms with E-state index in [4.69, 9.17) is 5.11 Å². The highest BCUT2D eigenvalue weighted by atomic mass is 32.2. The van der Waals surface area contributed by atoms with Gasteiger partial charge in [-0.3, -0.25) is 9.79 Å². The van der Waals surface area contributed by atoms with Crippen molar-refractivity contribution < 1.29 is 25.2 Å². The Labute approximate surface area is 102 Å². The monoisotopic (exact) mass is 262 g/mol. The lowest BCUT2D eigenvalue weighted by atomic mass is 9.96. The molecule has 2 heterocycles. The summed E-state index contributed by atoms with van der Waals surface area (Å²) in [5, 5.41) is 39.0. The molecule has 5 N–H and O–H groups in total. The normalized spacial score (nSPS) is 42.8. The van der Waals surface area contributed by atoms with E-state index in [9.17, 15) is 20.1 Å². The highest BCUT2D eigenvalue weighted by Crippen LogP contribution is 2.36. The second kappa shape index (κ2) is 4.91. The Balaban J connectivity index is 2.21. The summed E-state index contributed by atoms with van der Waals surface area (Å²) in [5.74, 6) is -0.323. The number of thioether (sulfide) groups is 1. The minimum atomic E-state index is -1.23. The topological polar surface area (TPSA) is 122 Å². The molecule has 0 spiro atoms. The van der Waals surface area contributed by atoms with Crippen LogP contribution < -0.4 is 5.32 Å². The molecule has 0 radical (unpaired) electrons. The third-order valence-corrected chi connectivity index (χ3v) is 4.62. The molecular formula is C9H14N2O5S. The summed E-state index contributed by atoms with van der Waals surface area (Å²) in [6.45, 7) is -0.538. The van der Waals surface area contributed by atoms with Crippen LogP contribution in [-0.4, -0.2) is 74.1 Å². The summed E-state index contributed by atoms with van der Waals surface area (Å²) in [6, 6.07) is -0.717. The molecule has 0 aliphatic carbocycles. The van der Waals surface area contributed by atoms with E-state index < -0.39 is 41.5 Å². The van der Waals surface area contributed by atoms with Crippen molar-refractivity contribution in [3.63, 3.8) is 0 Å². The average molecular weight is 262 g/mol. The van der Waals surface area contributed by atoms with Crippen LogP contribution in [0.25, 0.3) is 0 Å². The van der Waals surface area contributed by atoms with E-state index in [1.165, 1.54) is 6.34 Å². The second-order valence-corrected chi connectivity index (χ2v) is 5.35. The molecule has 0 aromatic heterocycles. The van der Waals surface area contributed by atoms with E-state index in [2.05, 4.69) is 10.3 Å². The van der Waals surface area contributed by atoms with Crippen LogP contribution in [-0.2, 0) is 4.79 Å². The minimum Gasteiger partial charge on any atom is -0.394 e. The zero-order valence-electron chi connectivity index (χ0n) is 8.80. The third-order valence-electron chi connectivity index (χ3n) is 2.93. The average Bonchev–Trinajstić information content (AvgIpc) is 2.33. The van der Waals surface area contributed by atoms with Gasteiger partial charge in [-0.15, -0.1) is 11.8 Å². The number of carbonyl (C=O) groups is 1. The highest BCUT2D eigenvalue weighted by molar-refractivity contribution is 8.01. The van der Waals surface area contributed by atoms with Gasteiger partial charge in [0.15, 0.2) is 0 Å². The summed E-state index contributed by atoms with van der Waals surface area (Å²) >= 11 is 1.02. The Morgan fingerprint density at radius 1 is 1.47 bits per heavy atom. The summed E-state index contributed by atoms with van der Waals surface area (Å²) in [5.41, 5.74) is 0. The highest BCUT2D eigenvalue weighted by Gasteiger charge is 2.49. The Morgan fingerprint density at radius 3 is 2.82 bits per heavy atom. The van der Waals surface area contributed by atoms with Gasteiger partial charge in [-0.2, -0.15) is 0 Å². The Bertz CT molecular complexity index is 339. The zero-order chi connectivity index (χ0) is 12.6. The Morgan fingerprint density at radius 2 is 2.18 bits per heavy atom. The largest absolute Gasteiger partial charge is 0.394 e. The van der Waals surface area contributed by atoms with Gasteiger partial charge < -0.3 is 25.7 Å². The summed E-state index contributed by atoms with van der Waals surface area (Å²) in [7, 11) is 0. The smallest absolute Gasteiger partial charge is 0.240 e. The van der Waals surface area contributed by atoms with Crippen molar-refractivity contribution in [2.24, 2.45) is 4.99 Å². The number of aliphatic hydroxyl groups is 4. The summed E-state index contributed by atoms with van der Waals surface area (Å²) in [4.78, 5) is 15.5. The number of nitrogens with zero attached hydrogens (tertiary/aromatic N) is 1. The molecule has 1 saturated heterocycles. The van der Waals surface area contributed by atoms with Crippen LogP contribution >= 0.6 is 11.8 Å². The molecule has 1 fully saturated rings. The zero-order valence-corrected chi connectivity index (χ0v) is 9.62. The number of carbonyl (C=O) groups excluding carboxylic acids is 1. The van der Waals surface area contributed by atoms with Crippen LogP contribution in [0.4, 0.5) is 0 Å². The number of rotatable bonds is 2. The van der Waals surface area contributed by atoms with E-state index in [1.807, 2.05) is 0 Å². The van der Waals surface area contributed by atoms with Gasteiger partial charge >= 0.3 is 0 Å². The molecule has 96 valence electrons. The molecule has 2 rings (SSSR count). The first-order valence-electron chi connectivity index (χ1n) is 5.19. The van der Waals surface area contributed by atoms with Crippen molar-refractivity contribution >= 4 is 24.0 Å². The molecule has 0 bridgehead atoms. The number of hydrogen-bond donors (Lipinski definition) is 5. The quantitative estimate of drug-likeness (QED) is 0.363. The third kappa shape index (κ3) is 2.18. The van der Waals surface area contributed by atoms with E-state index in [0.29, 0.717) is 0 Å². The van der Waals surface area contributed by atoms with E-state index in [0.717, 1.165) is 11.8 Å². The minimum absolute atomic E-state index is 0.323. The van der Waals surface area contributed by atoms with E-state index >= 15 is 0 Å². The van der Waals surface area contributed by atoms with Gasteiger partial charge in [-0.25, -0.2) is 0 Å². The lowest BCUT2D eigenvalue weighted by Gasteiger charge is -2.42. The number of amides is 1. The van der Waals surface area contributed by atoms with Crippen LogP contribution in [0.15, 0.2) is 4.99 Å². The van der Waals surface area contributed by atoms with Crippen molar-refractivity contribution in [1.29, 1.82) is 0 Å². The van der Waals surface area contributed by atoms with Crippen molar-refractivity contribution in [3.05, 3.63) is 0 Å². The first-order valence-corrected chi connectivity index (χ1v) is 6.13. The first kappa shape index (κ1) is 12.8. The number of hydrogen-bond acceptors (Lipinski definition) is 7. The number of nitrogens with one attached hydrogen (secondary N) is 1. The molecule has 7 nitrogen and oxygen atoms in total. The summed E-state index contributed by atoms with van der Waals surface area (Å²) < 4.78 is 0. The van der Waals surface area contributed by atoms with Crippen LogP contribution in [0.1, 0.15) is 0 Å². The first-order chi connectivity index (χ1) is 8.06. The number of aliphatic hydroxyl groups excluding tert-OH is 4. The molecule has 0 aromatic carbocycles. The van der Waals surface area contributed by atoms with Crippen molar-refractivity contribution in [2.45, 2.75) is 34.9 Å². The van der Waals surface area contributed by atoms with Gasteiger partial charge in [0.25, 0.3) is 0 Å². The van der Waals surface area contributed by atoms with Gasteiger partial charge in [0, 0.05) is 0 Å². The summed E-state index contributed by atoms with van der Waals surface area (Å²) in [6.07, 6.45) is -2.45. The predicted molar refractivity (Wildman–Crippen MR) is 60.7 cm³/mol. The van der Waals surface area contributed by atoms with Crippen molar-refractivity contribution in [3.8, 4) is 0 Å². The van der Waals surface area contributed by atoms with Gasteiger partial charge in [0.1, 0.15) is 17.4 Å². The van der Waals surface area contributed by atoms with Gasteiger partial charge in [0.2, 0.25) is 5.91 Å². The molecule has 8 heteroatoms. The molecule has 17 heavy (non-hydrogen) atoms. The van der Waals surface area contributed by atoms with Gasteiger partial charge in [-0.1, -0.05) is 0 Å². The lowest BCUT2D eigenvalue weighted by Crippen LogP contribution is -2.61. The molecule has 0 saturated carbocycles. The van der Waals surface area contributed by atoms with Crippen molar-refractivity contribution in [2.75, 3.05) is 6.61 Å². The standard InChI is InChI=1S/C9H14N2O5S/c12-1-3(13)7-6(15)5(14)4-8(17-7)9(16)11-2-10-4/h2-8,12-15H,1H2,(H,10,11,16)/t3-,4?,5-,6+,7?,8?/m1/s1. The Hall–Kier alpha value is -0.670. The van der Waals surface area contributed by atoms with Gasteiger partial charge in [0.05, 0.1) is 30.4 Å². The number of aliphatic imine (C=N–C) groups is 1. The SMILES string of the molecule is O=C1NC=NC2C1SC([C@H](O)CO)[C@@H](O)[C@@H]2O. The maximum atomic E-state index is 11.6. The fraction of sp³-hybridized carbons (Fsp3) is 0.778. The molecule has 2 aliphatic rings. The van der Waals surface area contributed by atoms with E-state index in [1.54, 1.807) is 0 Å². The number of fused-ring (bicyclic) bond motifs is 1. The fourth-order valence-electron chi connectivity index (χ4n) is 1.98. The maximum Gasteiger partial charge on any atom is 0.240 e. The predicted octanol–water partition coefficient (Wildman–Crippen LogP) is -2.93. The van der Waals surface area contributed by atoms with Gasteiger partial charge in [-0.05, 0) is 0 Å². The van der Waals surface area contributed by atoms with Crippen LogP contribution in [0.5, 0.6) is 0 Å². The molecule has 3 unspecified atom stereocenters. The van der Waals surface area contributed by atoms with Crippen LogP contribution in [0.3, 0.4) is 0 Å². The molecule has 6 atom stereocenters. The molecule has 1 amide bonds. The van der Waals surface area contributed by atoms with Crippen molar-refractivity contribution in [1.82, 2.24) is 5.32 Å². The Kier molecular flexibility index (Phi) is 3.69. The molecule has 2 aliphatic heterocycles. The maximum absolute atomic E-state index is 11.6. The van der Waals surface area contributed by atoms with E-state index in [-0.39, 0.29) is 5.91 Å². The second-order valence-electron chi connectivity index (χ2n) is 4.03. The molecular weight excluding hydrogens is 248 g/mol. The van der Waals surface area contributed by atoms with Crippen LogP contribution in [0, 0.1) is 0 Å². The fourth-order valence-corrected chi connectivity index (χ4v) is 3.49.